The smallest absolute Gasteiger partial charge is 0.416 e. The molecule has 2 aliphatic heterocycles. The maximum Gasteiger partial charge on any atom is 0.416 e. The fraction of sp³-hybridized carbons (Fsp3) is 0.667. The van der Waals surface area contributed by atoms with E-state index < -0.39 is 21.9 Å². The molecular formula is C18H23F3N2O3S. The summed E-state index contributed by atoms with van der Waals surface area (Å²) in [5.41, 5.74) is -0.769. The first-order chi connectivity index (χ1) is 12.8. The zero-order valence-corrected chi connectivity index (χ0v) is 15.7. The molecule has 150 valence electrons. The molecule has 0 N–H and O–H groups in total. The summed E-state index contributed by atoms with van der Waals surface area (Å²) in [7, 11) is -3.55. The van der Waals surface area contributed by atoms with Gasteiger partial charge in [0.05, 0.1) is 11.6 Å². The maximum atomic E-state index is 13.1. The Morgan fingerprint density at radius 3 is 2.59 bits per heavy atom. The molecule has 5 nitrogen and oxygen atoms in total. The lowest BCUT2D eigenvalue weighted by Gasteiger charge is -2.36. The number of ether oxygens (including phenoxy) is 1. The highest BCUT2D eigenvalue weighted by molar-refractivity contribution is 7.86. The van der Waals surface area contributed by atoms with Crippen LogP contribution < -0.4 is 4.74 Å². The van der Waals surface area contributed by atoms with Crippen LogP contribution >= 0.6 is 0 Å². The van der Waals surface area contributed by atoms with E-state index in [1.807, 2.05) is 0 Å². The lowest BCUT2D eigenvalue weighted by atomic mass is 10.0. The first kappa shape index (κ1) is 19.0. The Bertz CT molecular complexity index is 793. The van der Waals surface area contributed by atoms with E-state index in [2.05, 4.69) is 0 Å². The molecule has 2 heterocycles. The molecular weight excluding hydrogens is 381 g/mol. The van der Waals surface area contributed by atoms with E-state index in [9.17, 15) is 21.6 Å². The second-order valence-corrected chi connectivity index (χ2v) is 9.41. The van der Waals surface area contributed by atoms with Crippen LogP contribution in [0.2, 0.25) is 0 Å². The van der Waals surface area contributed by atoms with Crippen molar-refractivity contribution >= 4 is 10.2 Å². The molecule has 0 amide bonds. The van der Waals surface area contributed by atoms with E-state index in [0.29, 0.717) is 13.1 Å². The molecule has 0 radical (unpaired) electrons. The van der Waals surface area contributed by atoms with E-state index in [1.54, 1.807) is 4.31 Å². The Kier molecular flexibility index (Phi) is 4.88. The van der Waals surface area contributed by atoms with Gasteiger partial charge in [0.1, 0.15) is 12.4 Å². The molecule has 0 aromatic heterocycles. The van der Waals surface area contributed by atoms with Crippen molar-refractivity contribution in [3.05, 3.63) is 29.8 Å². The molecule has 0 spiro atoms. The number of alkyl halides is 3. The Hall–Kier alpha value is -1.32. The summed E-state index contributed by atoms with van der Waals surface area (Å²) in [5, 5.41) is 0. The zero-order chi connectivity index (χ0) is 19.2. The van der Waals surface area contributed by atoms with E-state index in [-0.39, 0.29) is 30.4 Å². The SMILES string of the molecule is O=S(=O)(N1CCCC1)N1[C@H]2CC[C@@H](C2)[C@H]1COc1cccc(C(F)(F)F)c1. The van der Waals surface area contributed by atoms with Crippen molar-refractivity contribution in [3.8, 4) is 5.75 Å². The van der Waals surface area contributed by atoms with Crippen molar-refractivity contribution in [1.82, 2.24) is 8.61 Å². The molecule has 4 rings (SSSR count). The van der Waals surface area contributed by atoms with Crippen molar-refractivity contribution in [1.29, 1.82) is 0 Å². The van der Waals surface area contributed by atoms with Crippen LogP contribution in [0.4, 0.5) is 13.2 Å². The van der Waals surface area contributed by atoms with Crippen molar-refractivity contribution in [2.24, 2.45) is 5.92 Å². The highest BCUT2D eigenvalue weighted by Gasteiger charge is 2.53. The first-order valence-corrected chi connectivity index (χ1v) is 10.7. The van der Waals surface area contributed by atoms with Crippen LogP contribution in [-0.4, -0.2) is 48.8 Å². The molecule has 3 aliphatic rings. The van der Waals surface area contributed by atoms with E-state index >= 15 is 0 Å². The predicted octanol–water partition coefficient (Wildman–Crippen LogP) is 3.28. The molecule has 1 aromatic rings. The van der Waals surface area contributed by atoms with Gasteiger partial charge in [-0.25, -0.2) is 0 Å². The highest BCUT2D eigenvalue weighted by Crippen LogP contribution is 2.45. The molecule has 27 heavy (non-hydrogen) atoms. The number of rotatable bonds is 5. The van der Waals surface area contributed by atoms with Crippen LogP contribution in [0.1, 0.15) is 37.7 Å². The molecule has 3 fully saturated rings. The molecule has 2 bridgehead atoms. The highest BCUT2D eigenvalue weighted by atomic mass is 32.2. The zero-order valence-electron chi connectivity index (χ0n) is 14.9. The second kappa shape index (κ2) is 6.93. The van der Waals surface area contributed by atoms with Gasteiger partial charge >= 0.3 is 6.18 Å². The minimum Gasteiger partial charge on any atom is -0.492 e. The molecule has 1 aromatic carbocycles. The van der Waals surface area contributed by atoms with Crippen LogP contribution in [0.15, 0.2) is 24.3 Å². The Morgan fingerprint density at radius 2 is 1.89 bits per heavy atom. The van der Waals surface area contributed by atoms with Crippen LogP contribution in [0.5, 0.6) is 5.75 Å². The lowest BCUT2D eigenvalue weighted by Crippen LogP contribution is -2.52. The quantitative estimate of drug-likeness (QED) is 0.757. The Morgan fingerprint density at radius 1 is 1.15 bits per heavy atom. The van der Waals surface area contributed by atoms with Gasteiger partial charge < -0.3 is 4.74 Å². The molecule has 3 atom stereocenters. The van der Waals surface area contributed by atoms with Crippen LogP contribution in [0.25, 0.3) is 0 Å². The fourth-order valence-electron chi connectivity index (χ4n) is 4.62. The number of hydrogen-bond acceptors (Lipinski definition) is 3. The molecule has 2 saturated heterocycles. The summed E-state index contributed by atoms with van der Waals surface area (Å²) >= 11 is 0. The third-order valence-corrected chi connectivity index (χ3v) is 8.04. The number of hydrogen-bond donors (Lipinski definition) is 0. The van der Waals surface area contributed by atoms with Gasteiger partial charge in [0.25, 0.3) is 10.2 Å². The third-order valence-electron chi connectivity index (χ3n) is 5.92. The minimum atomic E-state index is -4.43. The number of benzene rings is 1. The summed E-state index contributed by atoms with van der Waals surface area (Å²) in [6.45, 7) is 1.16. The number of halogens is 3. The number of nitrogens with zero attached hydrogens (tertiary/aromatic N) is 2. The van der Waals surface area contributed by atoms with E-state index in [4.69, 9.17) is 4.74 Å². The van der Waals surface area contributed by atoms with Gasteiger partial charge in [0, 0.05) is 19.1 Å². The van der Waals surface area contributed by atoms with Gasteiger partial charge in [-0.3, -0.25) is 0 Å². The van der Waals surface area contributed by atoms with Crippen LogP contribution in [0.3, 0.4) is 0 Å². The molecule has 0 unspecified atom stereocenters. The number of fused-ring (bicyclic) bond motifs is 2. The largest absolute Gasteiger partial charge is 0.492 e. The average molecular weight is 404 g/mol. The van der Waals surface area contributed by atoms with Gasteiger partial charge in [-0.05, 0) is 56.2 Å². The van der Waals surface area contributed by atoms with Crippen molar-refractivity contribution in [3.63, 3.8) is 0 Å². The predicted molar refractivity (Wildman–Crippen MR) is 93.4 cm³/mol. The third kappa shape index (κ3) is 3.56. The van der Waals surface area contributed by atoms with Gasteiger partial charge in [-0.2, -0.15) is 30.2 Å². The van der Waals surface area contributed by atoms with Crippen LogP contribution in [-0.2, 0) is 16.4 Å². The van der Waals surface area contributed by atoms with Crippen LogP contribution in [0, 0.1) is 5.92 Å². The summed E-state index contributed by atoms with van der Waals surface area (Å²) in [6.07, 6.45) is -0.106. The fourth-order valence-corrected chi connectivity index (χ4v) is 6.75. The molecule has 9 heteroatoms. The van der Waals surface area contributed by atoms with Crippen molar-refractivity contribution in [2.75, 3.05) is 19.7 Å². The summed E-state index contributed by atoms with van der Waals surface area (Å²) < 4.78 is 73.5. The number of piperidine rings is 1. The first-order valence-electron chi connectivity index (χ1n) is 9.35. The van der Waals surface area contributed by atoms with Crippen molar-refractivity contribution in [2.45, 2.75) is 50.4 Å². The van der Waals surface area contributed by atoms with Gasteiger partial charge in [-0.15, -0.1) is 0 Å². The minimum absolute atomic E-state index is 0.0179. The van der Waals surface area contributed by atoms with E-state index in [1.165, 1.54) is 16.4 Å². The van der Waals surface area contributed by atoms with Gasteiger partial charge in [-0.1, -0.05) is 6.07 Å². The molecule has 1 aliphatic carbocycles. The van der Waals surface area contributed by atoms with Gasteiger partial charge in [0.2, 0.25) is 0 Å². The summed E-state index contributed by atoms with van der Waals surface area (Å²) in [4.78, 5) is 0. The Labute approximate surface area is 157 Å². The lowest BCUT2D eigenvalue weighted by molar-refractivity contribution is -0.137. The molecule has 1 saturated carbocycles. The van der Waals surface area contributed by atoms with Crippen molar-refractivity contribution < 1.29 is 26.3 Å². The summed E-state index contributed by atoms with van der Waals surface area (Å²) in [6, 6.07) is 4.40. The van der Waals surface area contributed by atoms with Gasteiger partial charge in [0.15, 0.2) is 0 Å². The summed E-state index contributed by atoms with van der Waals surface area (Å²) in [5.74, 6) is 0.323. The normalized spacial score (nSPS) is 29.5. The Balaban J connectivity index is 1.51. The standard InChI is InChI=1S/C18H23F3N2O3S/c19-18(20,21)14-4-3-5-16(11-14)26-12-17-13-6-7-15(10-13)23(17)27(24,25)22-8-1-2-9-22/h3-5,11,13,15,17H,1-2,6-10,12H2/t13-,15-,17+/m0/s1. The maximum absolute atomic E-state index is 13.1. The monoisotopic (exact) mass is 404 g/mol. The van der Waals surface area contributed by atoms with E-state index in [0.717, 1.165) is 44.2 Å². The average Bonchev–Trinajstić information content (AvgIpc) is 3.35. The topological polar surface area (TPSA) is 49.9 Å². The second-order valence-electron chi connectivity index (χ2n) is 7.57.